The summed E-state index contributed by atoms with van der Waals surface area (Å²) in [6.45, 7) is 2.45. The van der Waals surface area contributed by atoms with Gasteiger partial charge in [-0.3, -0.25) is 0 Å². The molecule has 1 heterocycles. The number of hydrogen-bond acceptors (Lipinski definition) is 2. The highest BCUT2D eigenvalue weighted by atomic mass is 16.2. The number of nitrogens with one attached hydrogen (secondary N) is 1. The molecule has 4 nitrogen and oxygen atoms in total. The minimum Gasteiger partial charge on any atom is -0.331 e. The Hall–Kier alpha value is -1.55. The first-order valence-corrected chi connectivity index (χ1v) is 5.93. The van der Waals surface area contributed by atoms with Crippen molar-refractivity contribution in [3.8, 4) is 0 Å². The van der Waals surface area contributed by atoms with Crippen molar-refractivity contribution in [2.45, 2.75) is 6.04 Å². The number of piperazine rings is 1. The minimum absolute atomic E-state index is 0.0837. The number of hydrogen-bond donors (Lipinski definition) is 1. The average molecular weight is 233 g/mol. The Labute approximate surface area is 102 Å². The highest BCUT2D eigenvalue weighted by molar-refractivity contribution is 5.74. The number of rotatable bonds is 1. The molecule has 17 heavy (non-hydrogen) atoms. The van der Waals surface area contributed by atoms with Gasteiger partial charge in [-0.15, -0.1) is 0 Å². The minimum atomic E-state index is 0.0837. The molecular formula is C13H19N3O. The molecule has 0 aromatic heterocycles. The number of amides is 2. The Kier molecular flexibility index (Phi) is 3.64. The van der Waals surface area contributed by atoms with Crippen molar-refractivity contribution in [3.05, 3.63) is 35.9 Å². The second-order valence-electron chi connectivity index (χ2n) is 4.50. The zero-order chi connectivity index (χ0) is 12.3. The SMILES string of the molecule is CN(C)C(=O)N1CCNCC1c1ccccc1. The predicted octanol–water partition coefficient (Wildman–Crippen LogP) is 1.31. The molecule has 1 aromatic carbocycles. The second-order valence-corrected chi connectivity index (χ2v) is 4.50. The average Bonchev–Trinajstić information content (AvgIpc) is 2.39. The summed E-state index contributed by atoms with van der Waals surface area (Å²) in [7, 11) is 3.60. The van der Waals surface area contributed by atoms with E-state index in [0.717, 1.165) is 19.6 Å². The Morgan fingerprint density at radius 3 is 2.71 bits per heavy atom. The van der Waals surface area contributed by atoms with Gasteiger partial charge in [0.05, 0.1) is 6.04 Å². The summed E-state index contributed by atoms with van der Waals surface area (Å²) in [4.78, 5) is 15.7. The lowest BCUT2D eigenvalue weighted by Crippen LogP contribution is -2.51. The maximum Gasteiger partial charge on any atom is 0.320 e. The topological polar surface area (TPSA) is 35.6 Å². The molecule has 1 fully saturated rings. The third kappa shape index (κ3) is 2.58. The van der Waals surface area contributed by atoms with Gasteiger partial charge in [0.2, 0.25) is 0 Å². The molecule has 1 unspecified atom stereocenters. The largest absolute Gasteiger partial charge is 0.331 e. The van der Waals surface area contributed by atoms with Crippen LogP contribution in [0.3, 0.4) is 0 Å². The van der Waals surface area contributed by atoms with Gasteiger partial charge in [-0.2, -0.15) is 0 Å². The van der Waals surface area contributed by atoms with Crippen LogP contribution >= 0.6 is 0 Å². The standard InChI is InChI=1S/C13H19N3O/c1-15(2)13(17)16-9-8-14-10-12(16)11-6-4-3-5-7-11/h3-7,12,14H,8-10H2,1-2H3. The molecule has 1 saturated heterocycles. The van der Waals surface area contributed by atoms with Crippen molar-refractivity contribution in [1.82, 2.24) is 15.1 Å². The van der Waals surface area contributed by atoms with Gasteiger partial charge in [0, 0.05) is 33.7 Å². The Bertz CT molecular complexity index is 378. The van der Waals surface area contributed by atoms with E-state index in [0.29, 0.717) is 0 Å². The van der Waals surface area contributed by atoms with E-state index < -0.39 is 0 Å². The van der Waals surface area contributed by atoms with Crippen LogP contribution in [-0.2, 0) is 0 Å². The number of benzene rings is 1. The van der Waals surface area contributed by atoms with Gasteiger partial charge in [-0.05, 0) is 5.56 Å². The van der Waals surface area contributed by atoms with Crippen LogP contribution in [0.4, 0.5) is 4.79 Å². The molecule has 1 aliphatic heterocycles. The van der Waals surface area contributed by atoms with Crippen LogP contribution in [0.1, 0.15) is 11.6 Å². The van der Waals surface area contributed by atoms with Gasteiger partial charge in [0.15, 0.2) is 0 Å². The van der Waals surface area contributed by atoms with E-state index >= 15 is 0 Å². The summed E-state index contributed by atoms with van der Waals surface area (Å²) in [5.41, 5.74) is 1.19. The molecule has 0 bridgehead atoms. The van der Waals surface area contributed by atoms with Gasteiger partial charge in [-0.25, -0.2) is 4.79 Å². The van der Waals surface area contributed by atoms with E-state index in [1.807, 2.05) is 23.1 Å². The summed E-state index contributed by atoms with van der Waals surface area (Å²) in [5.74, 6) is 0. The maximum absolute atomic E-state index is 12.1. The van der Waals surface area contributed by atoms with Gasteiger partial charge in [0.25, 0.3) is 0 Å². The molecule has 0 radical (unpaired) electrons. The maximum atomic E-state index is 12.1. The van der Waals surface area contributed by atoms with Crippen molar-refractivity contribution in [2.75, 3.05) is 33.7 Å². The zero-order valence-corrected chi connectivity index (χ0v) is 10.4. The molecule has 1 N–H and O–H groups in total. The van der Waals surface area contributed by atoms with Crippen molar-refractivity contribution in [2.24, 2.45) is 0 Å². The van der Waals surface area contributed by atoms with E-state index in [9.17, 15) is 4.79 Å². The first-order valence-electron chi connectivity index (χ1n) is 5.93. The highest BCUT2D eigenvalue weighted by Gasteiger charge is 2.28. The normalized spacial score (nSPS) is 20.1. The van der Waals surface area contributed by atoms with Crippen molar-refractivity contribution in [1.29, 1.82) is 0 Å². The lowest BCUT2D eigenvalue weighted by molar-refractivity contribution is 0.135. The van der Waals surface area contributed by atoms with E-state index in [1.165, 1.54) is 5.56 Å². The smallest absolute Gasteiger partial charge is 0.320 e. The lowest BCUT2D eigenvalue weighted by atomic mass is 10.0. The lowest BCUT2D eigenvalue weighted by Gasteiger charge is -2.37. The van der Waals surface area contributed by atoms with E-state index in [1.54, 1.807) is 19.0 Å². The van der Waals surface area contributed by atoms with E-state index in [-0.39, 0.29) is 12.1 Å². The number of carbonyl (C=O) groups excluding carboxylic acids is 1. The third-order valence-corrected chi connectivity index (χ3v) is 3.06. The first kappa shape index (κ1) is 11.9. The predicted molar refractivity (Wildman–Crippen MR) is 67.8 cm³/mol. The quantitative estimate of drug-likeness (QED) is 0.794. The molecule has 0 saturated carbocycles. The zero-order valence-electron chi connectivity index (χ0n) is 10.4. The fourth-order valence-corrected chi connectivity index (χ4v) is 2.16. The van der Waals surface area contributed by atoms with Crippen LogP contribution in [-0.4, -0.2) is 49.6 Å². The van der Waals surface area contributed by atoms with Gasteiger partial charge in [0.1, 0.15) is 0 Å². The Morgan fingerprint density at radius 1 is 1.35 bits per heavy atom. The molecule has 1 aromatic rings. The summed E-state index contributed by atoms with van der Waals surface area (Å²) in [5, 5.41) is 3.34. The molecule has 2 amide bonds. The number of carbonyl (C=O) groups is 1. The molecule has 0 spiro atoms. The monoisotopic (exact) mass is 233 g/mol. The summed E-state index contributed by atoms with van der Waals surface area (Å²) < 4.78 is 0. The van der Waals surface area contributed by atoms with Crippen LogP contribution < -0.4 is 5.32 Å². The van der Waals surface area contributed by atoms with Crippen LogP contribution in [0.15, 0.2) is 30.3 Å². The van der Waals surface area contributed by atoms with Crippen LogP contribution in [0.2, 0.25) is 0 Å². The van der Waals surface area contributed by atoms with E-state index in [2.05, 4.69) is 17.4 Å². The number of nitrogens with zero attached hydrogens (tertiary/aromatic N) is 2. The number of urea groups is 1. The van der Waals surface area contributed by atoms with E-state index in [4.69, 9.17) is 0 Å². The van der Waals surface area contributed by atoms with Crippen LogP contribution in [0.25, 0.3) is 0 Å². The third-order valence-electron chi connectivity index (χ3n) is 3.06. The fraction of sp³-hybridized carbons (Fsp3) is 0.462. The molecule has 1 atom stereocenters. The summed E-state index contributed by atoms with van der Waals surface area (Å²) in [6, 6.07) is 10.4. The van der Waals surface area contributed by atoms with Crippen molar-refractivity contribution < 1.29 is 4.79 Å². The molecule has 2 rings (SSSR count). The van der Waals surface area contributed by atoms with Crippen molar-refractivity contribution in [3.63, 3.8) is 0 Å². The summed E-state index contributed by atoms with van der Waals surface area (Å²) >= 11 is 0. The molecule has 4 heteroatoms. The molecule has 0 aliphatic carbocycles. The first-order chi connectivity index (χ1) is 8.20. The van der Waals surface area contributed by atoms with Gasteiger partial charge >= 0.3 is 6.03 Å². The summed E-state index contributed by atoms with van der Waals surface area (Å²) in [6.07, 6.45) is 0. The molecule has 92 valence electrons. The van der Waals surface area contributed by atoms with Crippen LogP contribution in [0, 0.1) is 0 Å². The highest BCUT2D eigenvalue weighted by Crippen LogP contribution is 2.22. The van der Waals surface area contributed by atoms with Crippen LogP contribution in [0.5, 0.6) is 0 Å². The van der Waals surface area contributed by atoms with Gasteiger partial charge in [-0.1, -0.05) is 30.3 Å². The Morgan fingerprint density at radius 2 is 2.06 bits per heavy atom. The fourth-order valence-electron chi connectivity index (χ4n) is 2.16. The second kappa shape index (κ2) is 5.19. The molecular weight excluding hydrogens is 214 g/mol. The Balaban J connectivity index is 2.21. The molecule has 1 aliphatic rings. The van der Waals surface area contributed by atoms with Gasteiger partial charge < -0.3 is 15.1 Å². The van der Waals surface area contributed by atoms with Crippen molar-refractivity contribution >= 4 is 6.03 Å².